The zero-order chi connectivity index (χ0) is 20.6. The smallest absolute Gasteiger partial charge is 0.191 e. The van der Waals surface area contributed by atoms with Gasteiger partial charge in [-0.2, -0.15) is 0 Å². The summed E-state index contributed by atoms with van der Waals surface area (Å²) in [5.74, 6) is -0.251. The monoisotopic (exact) mass is 409 g/mol. The van der Waals surface area contributed by atoms with Gasteiger partial charge in [-0.05, 0) is 44.9 Å². The van der Waals surface area contributed by atoms with E-state index >= 15 is 0 Å². The minimum atomic E-state index is -0.511. The van der Waals surface area contributed by atoms with E-state index in [0.29, 0.717) is 19.1 Å². The molecule has 2 N–H and O–H groups in total. The second kappa shape index (κ2) is 10.7. The summed E-state index contributed by atoms with van der Waals surface area (Å²) in [6.07, 6.45) is 3.15. The fourth-order valence-electron chi connectivity index (χ4n) is 4.19. The lowest BCUT2D eigenvalue weighted by atomic mass is 10.2. The fraction of sp³-hybridized carbons (Fsp3) is 0.667. The van der Waals surface area contributed by atoms with Crippen LogP contribution in [0.4, 0.5) is 14.5 Å². The largest absolute Gasteiger partial charge is 0.383 e. The minimum Gasteiger partial charge on any atom is -0.383 e. The van der Waals surface area contributed by atoms with Crippen LogP contribution in [-0.4, -0.2) is 75.9 Å². The van der Waals surface area contributed by atoms with Gasteiger partial charge in [-0.3, -0.25) is 9.89 Å². The van der Waals surface area contributed by atoms with Crippen molar-refractivity contribution >= 4 is 11.6 Å². The molecule has 0 radical (unpaired) electrons. The normalized spacial score (nSPS) is 23.0. The Balaban J connectivity index is 1.57. The van der Waals surface area contributed by atoms with Crippen LogP contribution in [0.15, 0.2) is 23.2 Å². The highest BCUT2D eigenvalue weighted by atomic mass is 19.1. The van der Waals surface area contributed by atoms with Gasteiger partial charge >= 0.3 is 0 Å². The van der Waals surface area contributed by atoms with E-state index in [0.717, 1.165) is 51.6 Å². The summed E-state index contributed by atoms with van der Waals surface area (Å²) in [5.41, 5.74) is 0.0680. The van der Waals surface area contributed by atoms with Gasteiger partial charge in [-0.25, -0.2) is 8.78 Å². The van der Waals surface area contributed by atoms with Crippen LogP contribution in [0.2, 0.25) is 0 Å². The van der Waals surface area contributed by atoms with Gasteiger partial charge in [0.15, 0.2) is 5.96 Å². The number of nitrogens with one attached hydrogen (secondary N) is 2. The maximum absolute atomic E-state index is 14.1. The predicted molar refractivity (Wildman–Crippen MR) is 113 cm³/mol. The van der Waals surface area contributed by atoms with Crippen molar-refractivity contribution in [3.63, 3.8) is 0 Å². The Morgan fingerprint density at radius 1 is 1.24 bits per heavy atom. The Morgan fingerprint density at radius 3 is 2.76 bits per heavy atom. The van der Waals surface area contributed by atoms with Crippen molar-refractivity contribution in [2.24, 2.45) is 4.99 Å². The summed E-state index contributed by atoms with van der Waals surface area (Å²) < 4.78 is 33.4. The fourth-order valence-corrected chi connectivity index (χ4v) is 4.19. The van der Waals surface area contributed by atoms with Crippen LogP contribution in [0, 0.1) is 11.6 Å². The van der Waals surface area contributed by atoms with E-state index in [1.807, 2.05) is 6.92 Å². The van der Waals surface area contributed by atoms with Crippen molar-refractivity contribution in [3.05, 3.63) is 29.8 Å². The highest BCUT2D eigenvalue weighted by Crippen LogP contribution is 2.26. The number of para-hydroxylation sites is 1. The van der Waals surface area contributed by atoms with Crippen LogP contribution in [0.3, 0.4) is 0 Å². The summed E-state index contributed by atoms with van der Waals surface area (Å²) in [6.45, 7) is 7.47. The van der Waals surface area contributed by atoms with E-state index < -0.39 is 11.6 Å². The van der Waals surface area contributed by atoms with E-state index in [1.54, 1.807) is 12.0 Å². The summed E-state index contributed by atoms with van der Waals surface area (Å²) in [7, 11) is 1.73. The molecule has 1 aromatic rings. The number of guanidine groups is 1. The first kappa shape index (κ1) is 21.8. The van der Waals surface area contributed by atoms with Crippen LogP contribution in [-0.2, 0) is 4.74 Å². The number of hydrogen-bond donors (Lipinski definition) is 2. The molecule has 0 saturated carbocycles. The van der Waals surface area contributed by atoms with Crippen molar-refractivity contribution in [1.29, 1.82) is 0 Å². The standard InChI is InChI=1S/C21H33F2N5O/c1-3-24-21(25-14-17-6-5-10-27(17)12-13-29-2)26-16-9-11-28(15-16)20-18(22)7-4-8-19(20)23/h4,7-8,16-17H,3,5-6,9-15H2,1-2H3,(H2,24,25,26). The topological polar surface area (TPSA) is 52.1 Å². The van der Waals surface area contributed by atoms with Crippen molar-refractivity contribution in [1.82, 2.24) is 15.5 Å². The molecule has 8 heteroatoms. The molecule has 1 aromatic carbocycles. The Labute approximate surface area is 172 Å². The number of anilines is 1. The number of aliphatic imine (C=N–C) groups is 1. The molecule has 2 aliphatic rings. The molecule has 0 aliphatic carbocycles. The van der Waals surface area contributed by atoms with Crippen LogP contribution in [0.5, 0.6) is 0 Å². The zero-order valence-corrected chi connectivity index (χ0v) is 17.5. The molecule has 2 fully saturated rings. The molecule has 6 nitrogen and oxygen atoms in total. The van der Waals surface area contributed by atoms with E-state index in [1.165, 1.54) is 24.6 Å². The third-order valence-corrected chi connectivity index (χ3v) is 5.67. The molecular weight excluding hydrogens is 376 g/mol. The van der Waals surface area contributed by atoms with Gasteiger partial charge in [-0.15, -0.1) is 0 Å². The molecule has 2 unspecified atom stereocenters. The van der Waals surface area contributed by atoms with Gasteiger partial charge in [0.1, 0.15) is 17.3 Å². The van der Waals surface area contributed by atoms with Gasteiger partial charge in [0.05, 0.1) is 13.2 Å². The molecule has 0 spiro atoms. The lowest BCUT2D eigenvalue weighted by molar-refractivity contribution is 0.142. The third-order valence-electron chi connectivity index (χ3n) is 5.67. The number of ether oxygens (including phenoxy) is 1. The second-order valence-electron chi connectivity index (χ2n) is 7.69. The average Bonchev–Trinajstić information content (AvgIpc) is 3.34. The molecular formula is C21H33F2N5O. The number of methoxy groups -OCH3 is 1. The average molecular weight is 410 g/mol. The van der Waals surface area contributed by atoms with Crippen molar-refractivity contribution in [3.8, 4) is 0 Å². The van der Waals surface area contributed by atoms with Crippen LogP contribution >= 0.6 is 0 Å². The van der Waals surface area contributed by atoms with Crippen LogP contribution in [0.25, 0.3) is 0 Å². The van der Waals surface area contributed by atoms with Crippen molar-refractivity contribution in [2.45, 2.75) is 38.3 Å². The third kappa shape index (κ3) is 5.79. The van der Waals surface area contributed by atoms with Gasteiger partial charge in [0.25, 0.3) is 0 Å². The first-order valence-electron chi connectivity index (χ1n) is 10.6. The van der Waals surface area contributed by atoms with Gasteiger partial charge in [-0.1, -0.05) is 6.07 Å². The van der Waals surface area contributed by atoms with Gasteiger partial charge in [0.2, 0.25) is 0 Å². The molecule has 29 heavy (non-hydrogen) atoms. The highest BCUT2D eigenvalue weighted by Gasteiger charge is 2.28. The second-order valence-corrected chi connectivity index (χ2v) is 7.69. The van der Waals surface area contributed by atoms with E-state index in [-0.39, 0.29) is 11.7 Å². The number of nitrogens with zero attached hydrogens (tertiary/aromatic N) is 3. The molecule has 0 amide bonds. The quantitative estimate of drug-likeness (QED) is 0.509. The number of hydrogen-bond acceptors (Lipinski definition) is 4. The van der Waals surface area contributed by atoms with Crippen LogP contribution < -0.4 is 15.5 Å². The summed E-state index contributed by atoms with van der Waals surface area (Å²) >= 11 is 0. The Hall–Kier alpha value is -1.93. The van der Waals surface area contributed by atoms with E-state index in [9.17, 15) is 8.78 Å². The molecule has 3 rings (SSSR count). The predicted octanol–water partition coefficient (Wildman–Crippen LogP) is 2.21. The summed E-state index contributed by atoms with van der Waals surface area (Å²) in [5, 5.41) is 6.74. The minimum absolute atomic E-state index is 0.0680. The van der Waals surface area contributed by atoms with Crippen molar-refractivity contribution < 1.29 is 13.5 Å². The molecule has 0 bridgehead atoms. The van der Waals surface area contributed by atoms with E-state index in [4.69, 9.17) is 9.73 Å². The Kier molecular flexibility index (Phi) is 8.06. The summed E-state index contributed by atoms with van der Waals surface area (Å²) in [6, 6.07) is 4.55. The lowest BCUT2D eigenvalue weighted by Crippen LogP contribution is -2.45. The van der Waals surface area contributed by atoms with Crippen LogP contribution in [0.1, 0.15) is 26.2 Å². The number of rotatable bonds is 8. The SMILES string of the molecule is CCNC(=NCC1CCCN1CCOC)NC1CCN(c2c(F)cccc2F)C1. The van der Waals surface area contributed by atoms with Crippen molar-refractivity contribution in [2.75, 3.05) is 57.9 Å². The number of halogens is 2. The molecule has 2 saturated heterocycles. The molecule has 2 heterocycles. The molecule has 2 atom stereocenters. The maximum atomic E-state index is 14.1. The first-order valence-corrected chi connectivity index (χ1v) is 10.6. The number of likely N-dealkylation sites (tertiary alicyclic amines) is 1. The maximum Gasteiger partial charge on any atom is 0.191 e. The first-order chi connectivity index (χ1) is 14.1. The molecule has 2 aliphatic heterocycles. The zero-order valence-electron chi connectivity index (χ0n) is 17.5. The Morgan fingerprint density at radius 2 is 2.03 bits per heavy atom. The van der Waals surface area contributed by atoms with Gasteiger partial charge < -0.3 is 20.3 Å². The Bertz CT molecular complexity index is 667. The summed E-state index contributed by atoms with van der Waals surface area (Å²) in [4.78, 5) is 9.01. The highest BCUT2D eigenvalue weighted by molar-refractivity contribution is 5.80. The molecule has 0 aromatic heterocycles. The number of benzene rings is 1. The van der Waals surface area contributed by atoms with Gasteiger partial charge in [0, 0.05) is 45.4 Å². The van der Waals surface area contributed by atoms with E-state index in [2.05, 4.69) is 15.5 Å². The molecule has 162 valence electrons. The lowest BCUT2D eigenvalue weighted by Gasteiger charge is -2.24.